The van der Waals surface area contributed by atoms with Crippen LogP contribution in [0.4, 0.5) is 5.13 Å². The molecule has 0 bridgehead atoms. The highest BCUT2D eigenvalue weighted by Crippen LogP contribution is 2.23. The van der Waals surface area contributed by atoms with E-state index in [1.54, 1.807) is 0 Å². The summed E-state index contributed by atoms with van der Waals surface area (Å²) in [4.78, 5) is 23.5. The van der Waals surface area contributed by atoms with E-state index in [2.05, 4.69) is 10.2 Å². The van der Waals surface area contributed by atoms with Crippen LogP contribution < -0.4 is 4.90 Å². The molecule has 0 unspecified atom stereocenters. The molecule has 72 valence electrons. The van der Waals surface area contributed by atoms with Gasteiger partial charge in [-0.3, -0.25) is 9.59 Å². The van der Waals surface area contributed by atoms with Gasteiger partial charge in [0.25, 0.3) is 11.8 Å². The Hall–Kier alpha value is -1.56. The van der Waals surface area contributed by atoms with Gasteiger partial charge in [0.05, 0.1) is 0 Å². The first-order valence-electron chi connectivity index (χ1n) is 4.11. The van der Waals surface area contributed by atoms with Crippen molar-refractivity contribution in [2.24, 2.45) is 0 Å². The van der Waals surface area contributed by atoms with Gasteiger partial charge in [0.1, 0.15) is 5.01 Å². The number of nitrogens with zero attached hydrogens (tertiary/aromatic N) is 3. The Morgan fingerprint density at radius 3 is 2.43 bits per heavy atom. The van der Waals surface area contributed by atoms with Gasteiger partial charge in [-0.15, -0.1) is 10.2 Å². The number of anilines is 1. The van der Waals surface area contributed by atoms with Gasteiger partial charge >= 0.3 is 0 Å². The molecule has 0 saturated carbocycles. The number of aryl methyl sites for hydroxylation is 1. The van der Waals surface area contributed by atoms with E-state index in [9.17, 15) is 9.59 Å². The average Bonchev–Trinajstić information content (AvgIpc) is 2.73. The molecule has 2 heterocycles. The van der Waals surface area contributed by atoms with Crippen LogP contribution in [0.5, 0.6) is 0 Å². The molecule has 0 N–H and O–H groups in total. The van der Waals surface area contributed by atoms with E-state index in [1.807, 2.05) is 6.92 Å². The maximum absolute atomic E-state index is 11.2. The molecule has 5 nitrogen and oxygen atoms in total. The van der Waals surface area contributed by atoms with Gasteiger partial charge in [-0.05, 0) is 6.42 Å². The summed E-state index contributed by atoms with van der Waals surface area (Å²) in [6.07, 6.45) is 3.21. The fraction of sp³-hybridized carbons (Fsp3) is 0.250. The summed E-state index contributed by atoms with van der Waals surface area (Å²) in [5.74, 6) is -0.706. The van der Waals surface area contributed by atoms with Gasteiger partial charge in [-0.2, -0.15) is 0 Å². The fourth-order valence-electron chi connectivity index (χ4n) is 1.07. The Balaban J connectivity index is 2.31. The van der Waals surface area contributed by atoms with Gasteiger partial charge in [0.15, 0.2) is 0 Å². The summed E-state index contributed by atoms with van der Waals surface area (Å²) >= 11 is 1.26. The van der Waals surface area contributed by atoms with E-state index in [1.165, 1.54) is 23.5 Å². The molecule has 1 aliphatic heterocycles. The number of aromatic nitrogens is 2. The van der Waals surface area contributed by atoms with Crippen molar-refractivity contribution >= 4 is 28.3 Å². The molecule has 0 spiro atoms. The normalized spacial score (nSPS) is 15.6. The van der Waals surface area contributed by atoms with Crippen LogP contribution in [0.15, 0.2) is 12.2 Å². The summed E-state index contributed by atoms with van der Waals surface area (Å²) in [6, 6.07) is 0. The summed E-state index contributed by atoms with van der Waals surface area (Å²) < 4.78 is 0. The first kappa shape index (κ1) is 9.01. The molecular weight excluding hydrogens is 202 g/mol. The third-order valence-corrected chi connectivity index (χ3v) is 2.81. The molecule has 1 aromatic rings. The van der Waals surface area contributed by atoms with Crippen LogP contribution in [-0.2, 0) is 16.0 Å². The Labute approximate surface area is 84.1 Å². The summed E-state index contributed by atoms with van der Waals surface area (Å²) in [6.45, 7) is 1.94. The fourth-order valence-corrected chi connectivity index (χ4v) is 1.86. The molecule has 0 fully saturated rings. The molecule has 1 aliphatic rings. The average molecular weight is 209 g/mol. The highest BCUT2D eigenvalue weighted by Gasteiger charge is 2.28. The van der Waals surface area contributed by atoms with E-state index in [4.69, 9.17) is 0 Å². The third-order valence-electron chi connectivity index (χ3n) is 1.76. The lowest BCUT2D eigenvalue weighted by atomic mass is 10.5. The number of carbonyl (C=O) groups excluding carboxylic acids is 2. The summed E-state index contributed by atoms with van der Waals surface area (Å²) in [7, 11) is 0. The van der Waals surface area contributed by atoms with E-state index in [0.29, 0.717) is 5.13 Å². The monoisotopic (exact) mass is 209 g/mol. The lowest BCUT2D eigenvalue weighted by Gasteiger charge is -2.06. The molecule has 14 heavy (non-hydrogen) atoms. The van der Waals surface area contributed by atoms with Crippen molar-refractivity contribution in [3.8, 4) is 0 Å². The number of amides is 2. The number of hydrogen-bond acceptors (Lipinski definition) is 5. The molecule has 2 rings (SSSR count). The second-order valence-electron chi connectivity index (χ2n) is 2.68. The third kappa shape index (κ3) is 1.33. The largest absolute Gasteiger partial charge is 0.269 e. The lowest BCUT2D eigenvalue weighted by Crippen LogP contribution is -2.29. The van der Waals surface area contributed by atoms with Gasteiger partial charge in [0, 0.05) is 12.2 Å². The van der Waals surface area contributed by atoms with Crippen molar-refractivity contribution in [1.82, 2.24) is 10.2 Å². The SMILES string of the molecule is CCc1nnc(N2C(=O)C=CC2=O)s1. The van der Waals surface area contributed by atoms with Crippen molar-refractivity contribution in [2.45, 2.75) is 13.3 Å². The van der Waals surface area contributed by atoms with Crippen LogP contribution in [0.25, 0.3) is 0 Å². The van der Waals surface area contributed by atoms with Crippen LogP contribution in [0.1, 0.15) is 11.9 Å². The molecule has 2 amide bonds. The van der Waals surface area contributed by atoms with E-state index >= 15 is 0 Å². The minimum Gasteiger partial charge on any atom is -0.269 e. The maximum Gasteiger partial charge on any atom is 0.260 e. The Morgan fingerprint density at radius 1 is 1.29 bits per heavy atom. The number of hydrogen-bond donors (Lipinski definition) is 0. The Bertz CT molecular complexity index is 406. The second-order valence-corrected chi connectivity index (χ2v) is 3.72. The number of imide groups is 1. The van der Waals surface area contributed by atoms with Gasteiger partial charge in [-0.1, -0.05) is 18.3 Å². The molecule has 0 aliphatic carbocycles. The first-order chi connectivity index (χ1) is 6.72. The zero-order valence-corrected chi connectivity index (χ0v) is 8.24. The van der Waals surface area contributed by atoms with E-state index in [0.717, 1.165) is 16.3 Å². The van der Waals surface area contributed by atoms with Crippen LogP contribution >= 0.6 is 11.3 Å². The smallest absolute Gasteiger partial charge is 0.260 e. The van der Waals surface area contributed by atoms with Crippen LogP contribution in [0.2, 0.25) is 0 Å². The van der Waals surface area contributed by atoms with E-state index < -0.39 is 0 Å². The van der Waals surface area contributed by atoms with Crippen molar-refractivity contribution < 1.29 is 9.59 Å². The number of carbonyl (C=O) groups is 2. The predicted octanol–water partition coefficient (Wildman–Crippen LogP) is 0.530. The molecule has 0 saturated heterocycles. The zero-order chi connectivity index (χ0) is 10.1. The highest BCUT2D eigenvalue weighted by molar-refractivity contribution is 7.15. The molecule has 0 aromatic carbocycles. The second kappa shape index (κ2) is 3.30. The molecule has 6 heteroatoms. The molecule has 0 atom stereocenters. The zero-order valence-electron chi connectivity index (χ0n) is 7.43. The predicted molar refractivity (Wildman–Crippen MR) is 50.9 cm³/mol. The first-order valence-corrected chi connectivity index (χ1v) is 4.92. The van der Waals surface area contributed by atoms with Crippen molar-refractivity contribution in [2.75, 3.05) is 4.90 Å². The summed E-state index contributed by atoms with van der Waals surface area (Å²) in [5, 5.41) is 8.79. The van der Waals surface area contributed by atoms with Crippen molar-refractivity contribution in [3.05, 3.63) is 17.2 Å². The van der Waals surface area contributed by atoms with E-state index in [-0.39, 0.29) is 11.8 Å². The molecular formula is C8H7N3O2S. The lowest BCUT2D eigenvalue weighted by molar-refractivity contribution is -0.119. The highest BCUT2D eigenvalue weighted by atomic mass is 32.1. The van der Waals surface area contributed by atoms with Crippen molar-refractivity contribution in [3.63, 3.8) is 0 Å². The van der Waals surface area contributed by atoms with Crippen LogP contribution in [-0.4, -0.2) is 22.0 Å². The van der Waals surface area contributed by atoms with Crippen molar-refractivity contribution in [1.29, 1.82) is 0 Å². The minimum absolute atomic E-state index is 0.349. The quantitative estimate of drug-likeness (QED) is 0.666. The van der Waals surface area contributed by atoms with Gasteiger partial charge < -0.3 is 0 Å². The van der Waals surface area contributed by atoms with Crippen LogP contribution in [0, 0.1) is 0 Å². The Morgan fingerprint density at radius 2 is 1.93 bits per heavy atom. The van der Waals surface area contributed by atoms with Crippen LogP contribution in [0.3, 0.4) is 0 Å². The topological polar surface area (TPSA) is 63.2 Å². The Kier molecular flexibility index (Phi) is 2.12. The standard InChI is InChI=1S/C8H7N3O2S/c1-2-5-9-10-8(14-5)11-6(12)3-4-7(11)13/h3-4H,2H2,1H3. The molecule has 1 aromatic heterocycles. The number of rotatable bonds is 2. The minimum atomic E-state index is -0.353. The van der Waals surface area contributed by atoms with Gasteiger partial charge in [0.2, 0.25) is 5.13 Å². The van der Waals surface area contributed by atoms with Gasteiger partial charge in [-0.25, -0.2) is 4.90 Å². The maximum atomic E-state index is 11.2. The summed E-state index contributed by atoms with van der Waals surface area (Å²) in [5.41, 5.74) is 0. The molecule has 0 radical (unpaired) electrons.